The Morgan fingerprint density at radius 1 is 1.05 bits per heavy atom. The van der Waals surface area contributed by atoms with E-state index in [0.29, 0.717) is 26.9 Å². The third kappa shape index (κ3) is 1.66. The van der Waals surface area contributed by atoms with Crippen LogP contribution in [-0.2, 0) is 5.60 Å². The van der Waals surface area contributed by atoms with Gasteiger partial charge in [0, 0.05) is 5.56 Å². The summed E-state index contributed by atoms with van der Waals surface area (Å²) < 4.78 is 0. The fourth-order valence-electron chi connectivity index (χ4n) is 2.26. The quantitative estimate of drug-likeness (QED) is 0.848. The van der Waals surface area contributed by atoms with Gasteiger partial charge >= 0.3 is 0 Å². The molecule has 5 heteroatoms. The van der Waals surface area contributed by atoms with Crippen molar-refractivity contribution in [2.24, 2.45) is 10.7 Å². The van der Waals surface area contributed by atoms with Crippen LogP contribution in [0.15, 0.2) is 47.5 Å². The zero-order valence-corrected chi connectivity index (χ0v) is 11.3. The van der Waals surface area contributed by atoms with Gasteiger partial charge in [-0.05, 0) is 11.6 Å². The summed E-state index contributed by atoms with van der Waals surface area (Å²) in [5.41, 5.74) is 6.08. The lowest BCUT2D eigenvalue weighted by molar-refractivity contribution is 0.158. The summed E-state index contributed by atoms with van der Waals surface area (Å²) in [5.74, 6) is 0.0952. The van der Waals surface area contributed by atoms with Crippen LogP contribution in [0.1, 0.15) is 11.1 Å². The van der Waals surface area contributed by atoms with Gasteiger partial charge in [0.05, 0.1) is 15.7 Å². The molecule has 3 rings (SSSR count). The Hall–Kier alpha value is -1.55. The second-order valence-electron chi connectivity index (χ2n) is 4.33. The molecule has 19 heavy (non-hydrogen) atoms. The maximum Gasteiger partial charge on any atom is 0.174 e. The Morgan fingerprint density at radius 3 is 2.42 bits per heavy atom. The van der Waals surface area contributed by atoms with Crippen molar-refractivity contribution in [3.63, 3.8) is 0 Å². The first-order valence-electron chi connectivity index (χ1n) is 5.66. The maximum atomic E-state index is 10.9. The Bertz CT molecular complexity index is 685. The van der Waals surface area contributed by atoms with Crippen molar-refractivity contribution in [3.05, 3.63) is 63.6 Å². The van der Waals surface area contributed by atoms with Gasteiger partial charge in [-0.3, -0.25) is 0 Å². The van der Waals surface area contributed by atoms with Crippen molar-refractivity contribution in [2.45, 2.75) is 5.60 Å². The first-order valence-corrected chi connectivity index (χ1v) is 6.41. The number of fused-ring (bicyclic) bond motifs is 1. The lowest BCUT2D eigenvalue weighted by atomic mass is 9.86. The standard InChI is InChI=1S/C14H10Cl2N2O/c15-10-7-6-9-12(11(10)16)18-13(17)14(9,19)8-4-2-1-3-5-8/h1-7,19H,(H2,17,18). The SMILES string of the molecule is NC1=Nc2c(ccc(Cl)c2Cl)C1(O)c1ccccc1. The van der Waals surface area contributed by atoms with E-state index in [1.54, 1.807) is 24.3 Å². The number of nitrogens with two attached hydrogens (primary N) is 1. The topological polar surface area (TPSA) is 58.6 Å². The molecule has 2 aromatic carbocycles. The number of hydrogen-bond donors (Lipinski definition) is 2. The molecule has 0 bridgehead atoms. The van der Waals surface area contributed by atoms with Gasteiger partial charge in [0.15, 0.2) is 5.60 Å². The second-order valence-corrected chi connectivity index (χ2v) is 5.12. The number of benzene rings is 2. The van der Waals surface area contributed by atoms with E-state index < -0.39 is 5.60 Å². The van der Waals surface area contributed by atoms with E-state index in [-0.39, 0.29) is 5.84 Å². The van der Waals surface area contributed by atoms with Crippen LogP contribution in [0.5, 0.6) is 0 Å². The molecule has 2 aromatic rings. The third-order valence-electron chi connectivity index (χ3n) is 3.25. The van der Waals surface area contributed by atoms with Gasteiger partial charge in [0.2, 0.25) is 0 Å². The highest BCUT2D eigenvalue weighted by atomic mass is 35.5. The molecule has 0 saturated heterocycles. The van der Waals surface area contributed by atoms with Crippen LogP contribution < -0.4 is 5.73 Å². The first kappa shape index (κ1) is 12.5. The van der Waals surface area contributed by atoms with Gasteiger partial charge in [-0.25, -0.2) is 4.99 Å². The predicted octanol–water partition coefficient (Wildman–Crippen LogP) is 3.23. The van der Waals surface area contributed by atoms with Crippen LogP contribution >= 0.6 is 23.2 Å². The monoisotopic (exact) mass is 292 g/mol. The van der Waals surface area contributed by atoms with Crippen LogP contribution in [0, 0.1) is 0 Å². The van der Waals surface area contributed by atoms with E-state index in [2.05, 4.69) is 4.99 Å². The summed E-state index contributed by atoms with van der Waals surface area (Å²) in [7, 11) is 0. The molecule has 0 radical (unpaired) electrons. The van der Waals surface area contributed by atoms with E-state index in [4.69, 9.17) is 28.9 Å². The molecule has 0 amide bonds. The number of aliphatic imine (C=N–C) groups is 1. The minimum atomic E-state index is -1.45. The summed E-state index contributed by atoms with van der Waals surface area (Å²) in [5, 5.41) is 11.6. The lowest BCUT2D eigenvalue weighted by Gasteiger charge is -2.24. The first-order chi connectivity index (χ1) is 9.05. The van der Waals surface area contributed by atoms with Crippen molar-refractivity contribution in [1.29, 1.82) is 0 Å². The highest BCUT2D eigenvalue weighted by Crippen LogP contribution is 2.47. The second kappa shape index (κ2) is 4.23. The molecule has 1 aliphatic rings. The van der Waals surface area contributed by atoms with Gasteiger partial charge in [-0.1, -0.05) is 59.6 Å². The molecule has 0 aromatic heterocycles. The molecule has 1 unspecified atom stereocenters. The summed E-state index contributed by atoms with van der Waals surface area (Å²) in [4.78, 5) is 4.17. The summed E-state index contributed by atoms with van der Waals surface area (Å²) in [6, 6.07) is 12.4. The molecule has 1 atom stereocenters. The van der Waals surface area contributed by atoms with Crippen LogP contribution in [-0.4, -0.2) is 10.9 Å². The average Bonchev–Trinajstić information content (AvgIpc) is 2.69. The molecule has 3 nitrogen and oxygen atoms in total. The molecule has 0 saturated carbocycles. The number of aliphatic hydroxyl groups is 1. The molecule has 0 fully saturated rings. The van der Waals surface area contributed by atoms with Crippen molar-refractivity contribution in [2.75, 3.05) is 0 Å². The smallest absolute Gasteiger partial charge is 0.174 e. The fraction of sp³-hybridized carbons (Fsp3) is 0.0714. The van der Waals surface area contributed by atoms with Crippen molar-refractivity contribution in [1.82, 2.24) is 0 Å². The predicted molar refractivity (Wildman–Crippen MR) is 77.2 cm³/mol. The Morgan fingerprint density at radius 2 is 1.74 bits per heavy atom. The molecular formula is C14H10Cl2N2O. The van der Waals surface area contributed by atoms with E-state index in [0.717, 1.165) is 0 Å². The molecule has 0 aliphatic carbocycles. The summed E-state index contributed by atoms with van der Waals surface area (Å²) in [6.07, 6.45) is 0. The van der Waals surface area contributed by atoms with E-state index in [1.807, 2.05) is 18.2 Å². The van der Waals surface area contributed by atoms with E-state index >= 15 is 0 Å². The van der Waals surface area contributed by atoms with Crippen molar-refractivity contribution >= 4 is 34.7 Å². The van der Waals surface area contributed by atoms with Gasteiger partial charge in [0.25, 0.3) is 0 Å². The highest BCUT2D eigenvalue weighted by molar-refractivity contribution is 6.44. The molecule has 0 spiro atoms. The maximum absolute atomic E-state index is 10.9. The largest absolute Gasteiger partial charge is 0.384 e. The summed E-state index contributed by atoms with van der Waals surface area (Å²) >= 11 is 12.1. The number of amidine groups is 1. The Kier molecular flexibility index (Phi) is 2.78. The van der Waals surface area contributed by atoms with Gasteiger partial charge < -0.3 is 10.8 Å². The van der Waals surface area contributed by atoms with Crippen LogP contribution in [0.4, 0.5) is 5.69 Å². The minimum absolute atomic E-state index is 0.0952. The van der Waals surface area contributed by atoms with Gasteiger partial charge in [-0.15, -0.1) is 0 Å². The van der Waals surface area contributed by atoms with Crippen LogP contribution in [0.25, 0.3) is 0 Å². The normalized spacial score (nSPS) is 21.1. The number of nitrogens with zero attached hydrogens (tertiary/aromatic N) is 1. The summed E-state index contributed by atoms with van der Waals surface area (Å²) in [6.45, 7) is 0. The molecule has 1 aliphatic heterocycles. The molecule has 96 valence electrons. The Labute approximate surface area is 120 Å². The van der Waals surface area contributed by atoms with Gasteiger partial charge in [0.1, 0.15) is 5.84 Å². The zero-order chi connectivity index (χ0) is 13.6. The van der Waals surface area contributed by atoms with E-state index in [1.165, 1.54) is 0 Å². The number of halogens is 2. The average molecular weight is 293 g/mol. The van der Waals surface area contributed by atoms with Crippen molar-refractivity contribution in [3.8, 4) is 0 Å². The van der Waals surface area contributed by atoms with Crippen molar-refractivity contribution < 1.29 is 5.11 Å². The molecular weight excluding hydrogens is 283 g/mol. The lowest BCUT2D eigenvalue weighted by Crippen LogP contribution is -2.39. The Balaban J connectivity index is 2.28. The zero-order valence-electron chi connectivity index (χ0n) is 9.77. The fourth-order valence-corrected chi connectivity index (χ4v) is 2.62. The minimum Gasteiger partial charge on any atom is -0.384 e. The third-order valence-corrected chi connectivity index (χ3v) is 4.05. The van der Waals surface area contributed by atoms with Crippen LogP contribution in [0.2, 0.25) is 10.0 Å². The van der Waals surface area contributed by atoms with E-state index in [9.17, 15) is 5.11 Å². The number of rotatable bonds is 1. The molecule has 1 heterocycles. The molecule has 3 N–H and O–H groups in total. The highest BCUT2D eigenvalue weighted by Gasteiger charge is 2.43. The van der Waals surface area contributed by atoms with Gasteiger partial charge in [-0.2, -0.15) is 0 Å². The number of hydrogen-bond acceptors (Lipinski definition) is 3. The van der Waals surface area contributed by atoms with Crippen LogP contribution in [0.3, 0.4) is 0 Å².